The van der Waals surface area contributed by atoms with E-state index in [2.05, 4.69) is 16.7 Å². The zero-order chi connectivity index (χ0) is 32.2. The molecule has 3 amide bonds. The lowest BCUT2D eigenvalue weighted by Gasteiger charge is -2.31. The van der Waals surface area contributed by atoms with Gasteiger partial charge in [-0.05, 0) is 79.3 Å². The molecule has 3 N–H and O–H groups in total. The van der Waals surface area contributed by atoms with E-state index in [0.29, 0.717) is 29.4 Å². The molecule has 1 heterocycles. The Morgan fingerprint density at radius 3 is 2.47 bits per heavy atom. The number of methoxy groups -OCH3 is 1. The lowest BCUT2D eigenvalue weighted by atomic mass is 9.81. The van der Waals surface area contributed by atoms with Gasteiger partial charge in [0, 0.05) is 37.5 Å². The smallest absolute Gasteiger partial charge is 0.419 e. The Morgan fingerprint density at radius 1 is 1.09 bits per heavy atom. The first-order valence-electron chi connectivity index (χ1n) is 15.2. The standard InChI is InChI=1S/C33H35F4N3O5/c1-40-26(15-27(41)32(40)44)17-5-10-28(45-2)23(12-17)31(43)39-30-20-8-7-19(21(20)11-16-3-4-16)22(30)14-29(42)38-18-6-9-25(34)24(13-18)33(35,36)37/h5-6,9-13,16,19-20,22,26-27,30,41H,3-4,7-8,14-15H2,1-2H3,(H,38,42)(H,39,43)/b21-11-/t19-,20+,22-,26?,27?,30-/m0/s1. The Labute approximate surface area is 257 Å². The van der Waals surface area contributed by atoms with Crippen molar-refractivity contribution in [3.63, 3.8) is 0 Å². The van der Waals surface area contributed by atoms with Crippen LogP contribution in [-0.4, -0.2) is 54.0 Å². The molecule has 3 saturated carbocycles. The molecule has 2 bridgehead atoms. The molecule has 45 heavy (non-hydrogen) atoms. The van der Waals surface area contributed by atoms with Crippen LogP contribution in [0.2, 0.25) is 0 Å². The van der Waals surface area contributed by atoms with E-state index in [4.69, 9.17) is 4.74 Å². The maximum absolute atomic E-state index is 13.9. The molecule has 6 rings (SSSR count). The number of benzene rings is 2. The van der Waals surface area contributed by atoms with Crippen molar-refractivity contribution in [2.24, 2.45) is 23.7 Å². The summed E-state index contributed by atoms with van der Waals surface area (Å²) in [5, 5.41) is 15.7. The molecule has 0 radical (unpaired) electrons. The number of carbonyl (C=O) groups excluding carboxylic acids is 3. The van der Waals surface area contributed by atoms with Gasteiger partial charge < -0.3 is 25.4 Å². The lowest BCUT2D eigenvalue weighted by Crippen LogP contribution is -2.45. The van der Waals surface area contributed by atoms with E-state index < -0.39 is 53.5 Å². The van der Waals surface area contributed by atoms with Crippen molar-refractivity contribution in [2.75, 3.05) is 19.5 Å². The molecule has 4 aliphatic rings. The highest BCUT2D eigenvalue weighted by Crippen LogP contribution is 2.55. The molecule has 0 aromatic heterocycles. The van der Waals surface area contributed by atoms with E-state index in [0.717, 1.165) is 31.7 Å². The van der Waals surface area contributed by atoms with E-state index >= 15 is 0 Å². The van der Waals surface area contributed by atoms with Crippen molar-refractivity contribution < 1.29 is 41.8 Å². The average molecular weight is 630 g/mol. The molecular weight excluding hydrogens is 594 g/mol. The minimum Gasteiger partial charge on any atom is -0.496 e. The molecule has 6 atom stereocenters. The topological polar surface area (TPSA) is 108 Å². The fraction of sp³-hybridized carbons (Fsp3) is 0.485. The van der Waals surface area contributed by atoms with E-state index in [1.807, 2.05) is 0 Å². The third kappa shape index (κ3) is 6.04. The summed E-state index contributed by atoms with van der Waals surface area (Å²) in [6.45, 7) is 0. The monoisotopic (exact) mass is 629 g/mol. The molecule has 240 valence electrons. The van der Waals surface area contributed by atoms with Gasteiger partial charge in [0.05, 0.1) is 24.3 Å². The van der Waals surface area contributed by atoms with Gasteiger partial charge in [-0.25, -0.2) is 4.39 Å². The number of ether oxygens (including phenoxy) is 1. The van der Waals surface area contributed by atoms with Gasteiger partial charge in [0.2, 0.25) is 5.91 Å². The number of anilines is 1. The first-order valence-corrected chi connectivity index (χ1v) is 15.2. The Hall–Kier alpha value is -3.93. The van der Waals surface area contributed by atoms with E-state index in [-0.39, 0.29) is 41.8 Å². The van der Waals surface area contributed by atoms with Crippen LogP contribution < -0.4 is 15.4 Å². The van der Waals surface area contributed by atoms with Crippen LogP contribution in [0.15, 0.2) is 48.0 Å². The lowest BCUT2D eigenvalue weighted by molar-refractivity contribution is -0.140. The highest BCUT2D eigenvalue weighted by atomic mass is 19.4. The summed E-state index contributed by atoms with van der Waals surface area (Å²) in [4.78, 5) is 40.8. The number of carbonyl (C=O) groups is 3. The van der Waals surface area contributed by atoms with Gasteiger partial charge in [-0.2, -0.15) is 13.2 Å². The summed E-state index contributed by atoms with van der Waals surface area (Å²) in [5.74, 6) is -2.20. The summed E-state index contributed by atoms with van der Waals surface area (Å²) in [6, 6.07) is 6.59. The van der Waals surface area contributed by atoms with Crippen LogP contribution in [0.3, 0.4) is 0 Å². The third-order valence-corrected chi connectivity index (χ3v) is 9.78. The van der Waals surface area contributed by atoms with Crippen LogP contribution in [-0.2, 0) is 15.8 Å². The summed E-state index contributed by atoms with van der Waals surface area (Å²) in [5.41, 5.74) is 0.528. The number of halogens is 4. The second-order valence-corrected chi connectivity index (χ2v) is 12.6. The summed E-state index contributed by atoms with van der Waals surface area (Å²) in [7, 11) is 3.04. The van der Waals surface area contributed by atoms with Crippen molar-refractivity contribution in [3.8, 4) is 5.75 Å². The normalized spacial score (nSPS) is 28.6. The van der Waals surface area contributed by atoms with Gasteiger partial charge in [-0.1, -0.05) is 17.7 Å². The third-order valence-electron chi connectivity index (χ3n) is 9.78. The highest BCUT2D eigenvalue weighted by molar-refractivity contribution is 5.98. The van der Waals surface area contributed by atoms with Crippen LogP contribution in [0.1, 0.15) is 66.1 Å². The number of hydrogen-bond acceptors (Lipinski definition) is 5. The maximum atomic E-state index is 13.9. The van der Waals surface area contributed by atoms with Crippen LogP contribution in [0.25, 0.3) is 0 Å². The van der Waals surface area contributed by atoms with Gasteiger partial charge in [-0.15, -0.1) is 0 Å². The molecule has 1 aliphatic heterocycles. The zero-order valence-corrected chi connectivity index (χ0v) is 24.9. The number of aliphatic hydroxyl groups excluding tert-OH is 1. The molecular formula is C33H35F4N3O5. The minimum absolute atomic E-state index is 0.0166. The molecule has 8 nitrogen and oxygen atoms in total. The molecule has 12 heteroatoms. The molecule has 2 aromatic rings. The molecule has 3 aliphatic carbocycles. The van der Waals surface area contributed by atoms with Crippen LogP contribution in [0.5, 0.6) is 5.75 Å². The van der Waals surface area contributed by atoms with Crippen LogP contribution in [0, 0.1) is 29.5 Å². The van der Waals surface area contributed by atoms with Gasteiger partial charge in [0.25, 0.3) is 11.8 Å². The fourth-order valence-corrected chi connectivity index (χ4v) is 7.43. The van der Waals surface area contributed by atoms with Crippen molar-refractivity contribution in [3.05, 3.63) is 70.6 Å². The number of nitrogens with zero attached hydrogens (tertiary/aromatic N) is 1. The Bertz CT molecular complexity index is 1560. The summed E-state index contributed by atoms with van der Waals surface area (Å²) < 4.78 is 59.0. The maximum Gasteiger partial charge on any atom is 0.419 e. The van der Waals surface area contributed by atoms with Gasteiger partial charge in [0.1, 0.15) is 17.7 Å². The number of rotatable bonds is 8. The number of fused-ring (bicyclic) bond motifs is 2. The molecule has 0 spiro atoms. The Morgan fingerprint density at radius 2 is 1.82 bits per heavy atom. The molecule has 4 fully saturated rings. The van der Waals surface area contributed by atoms with Crippen molar-refractivity contribution in [1.29, 1.82) is 0 Å². The number of aliphatic hydroxyl groups is 1. The summed E-state index contributed by atoms with van der Waals surface area (Å²) in [6.07, 6.45) is 0.253. The highest BCUT2D eigenvalue weighted by Gasteiger charge is 2.52. The van der Waals surface area contributed by atoms with E-state index in [1.54, 1.807) is 25.2 Å². The first kappa shape index (κ1) is 31.1. The fourth-order valence-electron chi connectivity index (χ4n) is 7.43. The van der Waals surface area contributed by atoms with Crippen molar-refractivity contribution in [2.45, 2.75) is 62.9 Å². The predicted molar refractivity (Wildman–Crippen MR) is 156 cm³/mol. The minimum atomic E-state index is -4.91. The second kappa shape index (κ2) is 11.8. The Balaban J connectivity index is 1.24. The first-order chi connectivity index (χ1) is 21.3. The number of nitrogens with one attached hydrogen (secondary N) is 2. The van der Waals surface area contributed by atoms with Crippen molar-refractivity contribution >= 4 is 23.4 Å². The number of alkyl halides is 3. The second-order valence-electron chi connectivity index (χ2n) is 12.6. The van der Waals surface area contributed by atoms with Crippen LogP contribution >= 0.6 is 0 Å². The van der Waals surface area contributed by atoms with Gasteiger partial charge in [-0.3, -0.25) is 14.4 Å². The average Bonchev–Trinajstić information content (AvgIpc) is 3.61. The zero-order valence-electron chi connectivity index (χ0n) is 24.9. The van der Waals surface area contributed by atoms with Gasteiger partial charge in [0.15, 0.2) is 0 Å². The quantitative estimate of drug-likeness (QED) is 0.274. The number of hydrogen-bond donors (Lipinski definition) is 3. The molecule has 2 aromatic carbocycles. The molecule has 1 saturated heterocycles. The Kier molecular flexibility index (Phi) is 8.13. The number of amides is 3. The largest absolute Gasteiger partial charge is 0.496 e. The predicted octanol–water partition coefficient (Wildman–Crippen LogP) is 5.24. The summed E-state index contributed by atoms with van der Waals surface area (Å²) >= 11 is 0. The SMILES string of the molecule is COc1ccc(C2CC(O)C(=O)N2C)cc1C(=O)N[C@@H]1[C@@H](CC(=O)Nc2ccc(F)c(C(F)(F)F)c2)[C@H]2CC[C@@H]1/C2=C\C1CC1. The molecule has 2 unspecified atom stereocenters. The van der Waals surface area contributed by atoms with E-state index in [9.17, 15) is 37.1 Å². The van der Waals surface area contributed by atoms with Gasteiger partial charge >= 0.3 is 6.18 Å². The number of likely N-dealkylation sites (tertiary alicyclic amines) is 1. The number of allylic oxidation sites excluding steroid dienone is 1. The van der Waals surface area contributed by atoms with Crippen molar-refractivity contribution in [1.82, 2.24) is 10.2 Å². The van der Waals surface area contributed by atoms with E-state index in [1.165, 1.54) is 17.6 Å². The van der Waals surface area contributed by atoms with Crippen LogP contribution in [0.4, 0.5) is 23.2 Å². The number of likely N-dealkylation sites (N-methyl/N-ethyl adjacent to an activating group) is 1.